The van der Waals surface area contributed by atoms with Gasteiger partial charge in [-0.2, -0.15) is 4.98 Å². The Bertz CT molecular complexity index is 1200. The fraction of sp³-hybridized carbons (Fsp3) is 0.538. The molecule has 2 fully saturated rings. The van der Waals surface area contributed by atoms with Crippen LogP contribution in [0.4, 0.5) is 14.7 Å². The molecule has 3 heterocycles. The van der Waals surface area contributed by atoms with Crippen LogP contribution in [0.25, 0.3) is 16.9 Å². The topological polar surface area (TPSA) is 99.2 Å². The minimum atomic E-state index is -2.74. The molecular formula is C26H32F2N6O2. The van der Waals surface area contributed by atoms with Gasteiger partial charge in [0.25, 0.3) is 6.43 Å². The quantitative estimate of drug-likeness (QED) is 0.500. The van der Waals surface area contributed by atoms with E-state index in [1.807, 2.05) is 17.0 Å². The number of benzene rings is 1. The molecule has 36 heavy (non-hydrogen) atoms. The number of nitrogens with zero attached hydrogens (tertiary/aromatic N) is 5. The number of amides is 1. The molecule has 2 aromatic heterocycles. The number of imidazole rings is 1. The summed E-state index contributed by atoms with van der Waals surface area (Å²) in [5.74, 6) is 1.02. The number of alkyl halides is 2. The van der Waals surface area contributed by atoms with Crippen LogP contribution in [0.5, 0.6) is 0 Å². The number of nitrogens with two attached hydrogens (primary N) is 1. The predicted molar refractivity (Wildman–Crippen MR) is 132 cm³/mol. The molecule has 1 saturated carbocycles. The number of hydrogen-bond donors (Lipinski definition) is 1. The van der Waals surface area contributed by atoms with Crippen LogP contribution in [-0.2, 0) is 16.0 Å². The molecule has 10 heteroatoms. The summed E-state index contributed by atoms with van der Waals surface area (Å²) in [5.41, 5.74) is 7.39. The Balaban J connectivity index is 1.41. The van der Waals surface area contributed by atoms with Crippen LogP contribution < -0.4 is 10.6 Å². The van der Waals surface area contributed by atoms with Crippen molar-refractivity contribution in [3.05, 3.63) is 41.9 Å². The van der Waals surface area contributed by atoms with Crippen molar-refractivity contribution in [1.29, 1.82) is 0 Å². The normalized spacial score (nSPS) is 20.8. The van der Waals surface area contributed by atoms with Crippen LogP contribution in [0, 0.1) is 11.8 Å². The third kappa shape index (κ3) is 5.33. The van der Waals surface area contributed by atoms with Crippen LogP contribution in [-0.4, -0.2) is 51.7 Å². The minimum Gasteiger partial charge on any atom is -0.378 e. The highest BCUT2D eigenvalue weighted by molar-refractivity contribution is 5.78. The number of carbonyl (C=O) groups is 1. The SMILES string of the molecule is NC(=O)C1CCC(CCCc2cc(-n3c(C(F)F)nc4ccccc43)nc(N3CCOCC3)n2)CC1. The second-order valence-corrected chi connectivity index (χ2v) is 9.72. The van der Waals surface area contributed by atoms with Gasteiger partial charge in [0, 0.05) is 30.8 Å². The number of para-hydroxylation sites is 2. The molecule has 1 amide bonds. The highest BCUT2D eigenvalue weighted by atomic mass is 19.3. The minimum absolute atomic E-state index is 0.00999. The fourth-order valence-corrected chi connectivity index (χ4v) is 5.36. The standard InChI is InChI=1S/C26H32F2N6O2/c27-23(28)25-31-20-6-1-2-7-21(20)34(25)22-16-19(30-26(32-22)33-12-14-36-15-13-33)5-3-4-17-8-10-18(11-9-17)24(29)35/h1-2,6-7,16-18,23H,3-5,8-15H2,(H2,29,35). The molecule has 2 aliphatic rings. The first-order valence-electron chi connectivity index (χ1n) is 12.8. The average Bonchev–Trinajstić information content (AvgIpc) is 3.30. The summed E-state index contributed by atoms with van der Waals surface area (Å²) in [6.07, 6.45) is 3.70. The molecule has 5 rings (SSSR count). The Morgan fingerprint density at radius 2 is 1.83 bits per heavy atom. The van der Waals surface area contributed by atoms with Gasteiger partial charge in [-0.25, -0.2) is 18.7 Å². The molecule has 0 unspecified atom stereocenters. The summed E-state index contributed by atoms with van der Waals surface area (Å²) in [6, 6.07) is 8.93. The van der Waals surface area contributed by atoms with Gasteiger partial charge in [0.05, 0.1) is 24.2 Å². The number of hydrogen-bond acceptors (Lipinski definition) is 6. The van der Waals surface area contributed by atoms with Crippen LogP contribution in [0.2, 0.25) is 0 Å². The van der Waals surface area contributed by atoms with Gasteiger partial charge in [0.1, 0.15) is 5.82 Å². The van der Waals surface area contributed by atoms with Crippen molar-refractivity contribution >= 4 is 22.9 Å². The second kappa shape index (κ2) is 10.9. The van der Waals surface area contributed by atoms with Crippen LogP contribution in [0.1, 0.15) is 56.5 Å². The molecule has 0 bridgehead atoms. The summed E-state index contributed by atoms with van der Waals surface area (Å²) < 4.78 is 35.0. The second-order valence-electron chi connectivity index (χ2n) is 9.72. The number of fused-ring (bicyclic) bond motifs is 1. The maximum Gasteiger partial charge on any atom is 0.296 e. The van der Waals surface area contributed by atoms with Crippen molar-refractivity contribution in [3.63, 3.8) is 0 Å². The van der Waals surface area contributed by atoms with E-state index in [9.17, 15) is 13.6 Å². The fourth-order valence-electron chi connectivity index (χ4n) is 5.36. The van der Waals surface area contributed by atoms with Crippen molar-refractivity contribution in [1.82, 2.24) is 19.5 Å². The number of carbonyl (C=O) groups excluding carboxylic acids is 1. The number of primary amides is 1. The lowest BCUT2D eigenvalue weighted by molar-refractivity contribution is -0.122. The van der Waals surface area contributed by atoms with Gasteiger partial charge in [0.2, 0.25) is 11.9 Å². The predicted octanol–water partition coefficient (Wildman–Crippen LogP) is 4.20. The highest BCUT2D eigenvalue weighted by Gasteiger charge is 2.25. The maximum atomic E-state index is 14.0. The van der Waals surface area contributed by atoms with Gasteiger partial charge in [-0.05, 0) is 56.6 Å². The Morgan fingerprint density at radius 1 is 1.08 bits per heavy atom. The number of ether oxygens (including phenoxy) is 1. The third-order valence-electron chi connectivity index (χ3n) is 7.35. The van der Waals surface area contributed by atoms with Crippen molar-refractivity contribution in [2.75, 3.05) is 31.2 Å². The third-order valence-corrected chi connectivity index (χ3v) is 7.35. The van der Waals surface area contributed by atoms with E-state index in [0.29, 0.717) is 55.0 Å². The average molecular weight is 499 g/mol. The van der Waals surface area contributed by atoms with Crippen LogP contribution in [0.15, 0.2) is 30.3 Å². The molecule has 1 saturated heterocycles. The number of aromatic nitrogens is 4. The van der Waals surface area contributed by atoms with Gasteiger partial charge in [-0.1, -0.05) is 18.6 Å². The van der Waals surface area contributed by atoms with E-state index in [1.165, 1.54) is 4.57 Å². The smallest absolute Gasteiger partial charge is 0.296 e. The van der Waals surface area contributed by atoms with E-state index in [2.05, 4.69) is 4.98 Å². The van der Waals surface area contributed by atoms with Crippen molar-refractivity contribution in [3.8, 4) is 5.82 Å². The molecule has 0 radical (unpaired) electrons. The largest absolute Gasteiger partial charge is 0.378 e. The summed E-state index contributed by atoms with van der Waals surface area (Å²) in [7, 11) is 0. The molecule has 192 valence electrons. The molecule has 0 spiro atoms. The van der Waals surface area contributed by atoms with E-state index in [0.717, 1.165) is 50.6 Å². The Kier molecular flexibility index (Phi) is 7.41. The number of halogens is 2. The zero-order valence-corrected chi connectivity index (χ0v) is 20.3. The molecule has 1 aliphatic heterocycles. The van der Waals surface area contributed by atoms with Gasteiger partial charge < -0.3 is 15.4 Å². The first kappa shape index (κ1) is 24.5. The maximum absolute atomic E-state index is 14.0. The lowest BCUT2D eigenvalue weighted by Crippen LogP contribution is -2.37. The highest BCUT2D eigenvalue weighted by Crippen LogP contribution is 2.32. The Labute approximate surface area is 208 Å². The number of anilines is 1. The van der Waals surface area contributed by atoms with Crippen molar-refractivity contribution in [2.45, 2.75) is 51.4 Å². The Hall–Kier alpha value is -3.14. The molecule has 1 aliphatic carbocycles. The van der Waals surface area contributed by atoms with E-state index >= 15 is 0 Å². The first-order valence-corrected chi connectivity index (χ1v) is 12.8. The zero-order valence-electron chi connectivity index (χ0n) is 20.3. The summed E-state index contributed by atoms with van der Waals surface area (Å²) in [5, 5.41) is 0. The van der Waals surface area contributed by atoms with E-state index in [1.54, 1.807) is 18.2 Å². The monoisotopic (exact) mass is 498 g/mol. The number of morpholine rings is 1. The molecule has 8 nitrogen and oxygen atoms in total. The lowest BCUT2D eigenvalue weighted by Gasteiger charge is -2.28. The van der Waals surface area contributed by atoms with E-state index in [-0.39, 0.29) is 17.6 Å². The van der Waals surface area contributed by atoms with Crippen molar-refractivity contribution in [2.24, 2.45) is 17.6 Å². The lowest BCUT2D eigenvalue weighted by atomic mass is 9.79. The first-order chi connectivity index (χ1) is 17.5. The molecule has 3 aromatic rings. The summed E-state index contributed by atoms with van der Waals surface area (Å²) in [4.78, 5) is 27.2. The molecule has 0 atom stereocenters. The van der Waals surface area contributed by atoms with Gasteiger partial charge in [-0.3, -0.25) is 9.36 Å². The van der Waals surface area contributed by atoms with Crippen LogP contribution >= 0.6 is 0 Å². The summed E-state index contributed by atoms with van der Waals surface area (Å²) in [6.45, 7) is 2.46. The van der Waals surface area contributed by atoms with E-state index in [4.69, 9.17) is 20.4 Å². The van der Waals surface area contributed by atoms with Gasteiger partial charge >= 0.3 is 0 Å². The van der Waals surface area contributed by atoms with Crippen LogP contribution in [0.3, 0.4) is 0 Å². The molecule has 2 N–H and O–H groups in total. The van der Waals surface area contributed by atoms with Crippen molar-refractivity contribution < 1.29 is 18.3 Å². The Morgan fingerprint density at radius 3 is 2.56 bits per heavy atom. The molecule has 1 aromatic carbocycles. The molecular weight excluding hydrogens is 466 g/mol. The van der Waals surface area contributed by atoms with E-state index < -0.39 is 6.43 Å². The number of rotatable bonds is 8. The van der Waals surface area contributed by atoms with Gasteiger partial charge in [-0.15, -0.1) is 0 Å². The summed E-state index contributed by atoms with van der Waals surface area (Å²) >= 11 is 0. The zero-order chi connectivity index (χ0) is 25.1. The van der Waals surface area contributed by atoms with Gasteiger partial charge in [0.15, 0.2) is 5.82 Å². The number of aryl methyl sites for hydroxylation is 1.